The van der Waals surface area contributed by atoms with Gasteiger partial charge in [-0.25, -0.2) is 9.98 Å². The normalized spacial score (nSPS) is 22.5. The summed E-state index contributed by atoms with van der Waals surface area (Å²) in [5, 5.41) is 0. The van der Waals surface area contributed by atoms with E-state index >= 15 is 0 Å². The number of nitrogens with zero attached hydrogens (tertiary/aromatic N) is 3. The number of hydrogen-bond donors (Lipinski definition) is 0. The Morgan fingerprint density at radius 2 is 2.23 bits per heavy atom. The standard InChI is InChI=1S/C10H15N3/c1-4-8-10(11-6-3)9(5-2)13-7-12-8/h4,7H,5-6H2,1-3H3/b8-4+,11-10?. The average Bonchev–Trinajstić information content (AvgIpc) is 2.18. The second-order valence-corrected chi connectivity index (χ2v) is 2.67. The van der Waals surface area contributed by atoms with Gasteiger partial charge in [0.2, 0.25) is 0 Å². The van der Waals surface area contributed by atoms with Crippen molar-refractivity contribution in [1.29, 1.82) is 0 Å². The van der Waals surface area contributed by atoms with E-state index in [2.05, 4.69) is 21.9 Å². The Bertz CT molecular complexity index is 295. The molecule has 0 unspecified atom stereocenters. The molecule has 3 heteroatoms. The van der Waals surface area contributed by atoms with Crippen LogP contribution >= 0.6 is 0 Å². The molecule has 0 atom stereocenters. The molecule has 0 aromatic carbocycles. The van der Waals surface area contributed by atoms with Crippen molar-refractivity contribution in [3.05, 3.63) is 11.8 Å². The molecule has 0 radical (unpaired) electrons. The first-order chi connectivity index (χ1) is 6.33. The van der Waals surface area contributed by atoms with Crippen LogP contribution in [0.25, 0.3) is 0 Å². The summed E-state index contributed by atoms with van der Waals surface area (Å²) in [4.78, 5) is 12.8. The molecule has 1 aliphatic heterocycles. The molecule has 0 bridgehead atoms. The average molecular weight is 177 g/mol. The van der Waals surface area contributed by atoms with E-state index in [-0.39, 0.29) is 0 Å². The molecule has 1 rings (SSSR count). The van der Waals surface area contributed by atoms with E-state index in [1.165, 1.54) is 0 Å². The van der Waals surface area contributed by atoms with Gasteiger partial charge in [0, 0.05) is 6.54 Å². The predicted octanol–water partition coefficient (Wildman–Crippen LogP) is 2.24. The van der Waals surface area contributed by atoms with Crippen LogP contribution < -0.4 is 0 Å². The second kappa shape index (κ2) is 4.70. The van der Waals surface area contributed by atoms with E-state index < -0.39 is 0 Å². The molecule has 3 nitrogen and oxygen atoms in total. The first kappa shape index (κ1) is 9.84. The summed E-state index contributed by atoms with van der Waals surface area (Å²) < 4.78 is 0. The second-order valence-electron chi connectivity index (χ2n) is 2.67. The highest BCUT2D eigenvalue weighted by Crippen LogP contribution is 2.09. The zero-order valence-electron chi connectivity index (χ0n) is 8.41. The predicted molar refractivity (Wildman–Crippen MR) is 58.0 cm³/mol. The topological polar surface area (TPSA) is 37.1 Å². The van der Waals surface area contributed by atoms with Crippen LogP contribution in [0.15, 0.2) is 26.8 Å². The molecule has 0 saturated heterocycles. The van der Waals surface area contributed by atoms with Crippen molar-refractivity contribution in [2.75, 3.05) is 6.54 Å². The van der Waals surface area contributed by atoms with E-state index in [9.17, 15) is 0 Å². The largest absolute Gasteiger partial charge is 0.281 e. The fourth-order valence-electron chi connectivity index (χ4n) is 1.23. The van der Waals surface area contributed by atoms with E-state index in [1.54, 1.807) is 6.34 Å². The van der Waals surface area contributed by atoms with Crippen LogP contribution in [0.2, 0.25) is 0 Å². The zero-order valence-corrected chi connectivity index (χ0v) is 8.41. The van der Waals surface area contributed by atoms with Gasteiger partial charge in [0.25, 0.3) is 0 Å². The molecular weight excluding hydrogens is 162 g/mol. The number of rotatable bonds is 2. The lowest BCUT2D eigenvalue weighted by Gasteiger charge is -2.11. The fourth-order valence-corrected chi connectivity index (χ4v) is 1.23. The minimum atomic E-state index is 0.779. The van der Waals surface area contributed by atoms with Crippen LogP contribution in [0, 0.1) is 0 Å². The Hall–Kier alpha value is -1.25. The number of aliphatic imine (C=N–C) groups is 3. The lowest BCUT2D eigenvalue weighted by Crippen LogP contribution is -2.19. The van der Waals surface area contributed by atoms with Gasteiger partial charge in [0.05, 0.1) is 11.4 Å². The third-order valence-electron chi connectivity index (χ3n) is 1.85. The van der Waals surface area contributed by atoms with Crippen LogP contribution in [0.5, 0.6) is 0 Å². The van der Waals surface area contributed by atoms with Crippen molar-refractivity contribution in [3.8, 4) is 0 Å². The van der Waals surface area contributed by atoms with Crippen molar-refractivity contribution in [2.45, 2.75) is 27.2 Å². The Morgan fingerprint density at radius 3 is 2.77 bits per heavy atom. The molecule has 13 heavy (non-hydrogen) atoms. The van der Waals surface area contributed by atoms with Crippen LogP contribution in [-0.2, 0) is 0 Å². The highest BCUT2D eigenvalue weighted by Gasteiger charge is 2.13. The highest BCUT2D eigenvalue weighted by atomic mass is 15.0. The molecule has 1 aliphatic rings. The monoisotopic (exact) mass is 177 g/mol. The highest BCUT2D eigenvalue weighted by molar-refractivity contribution is 6.50. The molecule has 0 aliphatic carbocycles. The van der Waals surface area contributed by atoms with Crippen LogP contribution in [-0.4, -0.2) is 24.3 Å². The molecule has 1 heterocycles. The van der Waals surface area contributed by atoms with Crippen molar-refractivity contribution in [2.24, 2.45) is 15.0 Å². The van der Waals surface area contributed by atoms with Gasteiger partial charge in [-0.05, 0) is 20.3 Å². The van der Waals surface area contributed by atoms with Gasteiger partial charge in [0.1, 0.15) is 12.1 Å². The summed E-state index contributed by atoms with van der Waals surface area (Å²) in [6, 6.07) is 0. The smallest absolute Gasteiger partial charge is 0.116 e. The van der Waals surface area contributed by atoms with Gasteiger partial charge in [-0.2, -0.15) is 0 Å². The first-order valence-corrected chi connectivity index (χ1v) is 4.64. The maximum Gasteiger partial charge on any atom is 0.116 e. The minimum absolute atomic E-state index is 0.779. The molecule has 0 aromatic rings. The molecule has 0 amide bonds. The molecule has 0 saturated carbocycles. The summed E-state index contributed by atoms with van der Waals surface area (Å²) in [6.07, 6.45) is 4.47. The third-order valence-corrected chi connectivity index (χ3v) is 1.85. The maximum absolute atomic E-state index is 4.39. The lowest BCUT2D eigenvalue weighted by molar-refractivity contribution is 1.12. The van der Waals surface area contributed by atoms with Crippen molar-refractivity contribution in [1.82, 2.24) is 0 Å². The van der Waals surface area contributed by atoms with Gasteiger partial charge >= 0.3 is 0 Å². The Balaban J connectivity index is 3.04. The molecule has 0 spiro atoms. The Kier molecular flexibility index (Phi) is 3.55. The van der Waals surface area contributed by atoms with E-state index in [0.717, 1.165) is 30.1 Å². The Morgan fingerprint density at radius 1 is 1.46 bits per heavy atom. The molecule has 0 N–H and O–H groups in total. The SMILES string of the molecule is C/C=C1/N=CN=C(CC)C1=NCC. The maximum atomic E-state index is 4.39. The van der Waals surface area contributed by atoms with E-state index in [0.29, 0.717) is 0 Å². The summed E-state index contributed by atoms with van der Waals surface area (Å²) >= 11 is 0. The van der Waals surface area contributed by atoms with Crippen LogP contribution in [0.3, 0.4) is 0 Å². The summed E-state index contributed by atoms with van der Waals surface area (Å²) in [5.41, 5.74) is 2.92. The summed E-state index contributed by atoms with van der Waals surface area (Å²) in [7, 11) is 0. The van der Waals surface area contributed by atoms with E-state index in [4.69, 9.17) is 0 Å². The molecule has 0 aromatic heterocycles. The molecule has 0 fully saturated rings. The quantitative estimate of drug-likeness (QED) is 0.620. The fraction of sp³-hybridized carbons (Fsp3) is 0.500. The van der Waals surface area contributed by atoms with Gasteiger partial charge in [-0.15, -0.1) is 0 Å². The third kappa shape index (κ3) is 2.11. The zero-order chi connectivity index (χ0) is 9.68. The van der Waals surface area contributed by atoms with Crippen LogP contribution in [0.1, 0.15) is 27.2 Å². The van der Waals surface area contributed by atoms with Crippen molar-refractivity contribution in [3.63, 3.8) is 0 Å². The van der Waals surface area contributed by atoms with Crippen LogP contribution in [0.4, 0.5) is 0 Å². The first-order valence-electron chi connectivity index (χ1n) is 4.64. The Labute approximate surface area is 79.0 Å². The van der Waals surface area contributed by atoms with Gasteiger partial charge in [0.15, 0.2) is 0 Å². The van der Waals surface area contributed by atoms with Crippen molar-refractivity contribution < 1.29 is 0 Å². The number of allylic oxidation sites excluding steroid dienone is 2. The number of hydrogen-bond acceptors (Lipinski definition) is 3. The summed E-state index contributed by atoms with van der Waals surface area (Å²) in [6.45, 7) is 6.85. The van der Waals surface area contributed by atoms with Gasteiger partial charge in [-0.1, -0.05) is 13.0 Å². The van der Waals surface area contributed by atoms with Gasteiger partial charge < -0.3 is 0 Å². The van der Waals surface area contributed by atoms with E-state index in [1.807, 2.05) is 19.9 Å². The van der Waals surface area contributed by atoms with Gasteiger partial charge in [-0.3, -0.25) is 4.99 Å². The minimum Gasteiger partial charge on any atom is -0.281 e. The molecular formula is C10H15N3. The lowest BCUT2D eigenvalue weighted by atomic mass is 10.1. The molecule has 70 valence electrons. The van der Waals surface area contributed by atoms with Crippen molar-refractivity contribution >= 4 is 17.8 Å². The summed E-state index contributed by atoms with van der Waals surface area (Å²) in [5.74, 6) is 0.